The fraction of sp³-hybridized carbons (Fsp3) is 0.588. The third-order valence-electron chi connectivity index (χ3n) is 3.35. The summed E-state index contributed by atoms with van der Waals surface area (Å²) in [5, 5.41) is 2.98. The van der Waals surface area contributed by atoms with Gasteiger partial charge in [0.15, 0.2) is 6.61 Å². The van der Waals surface area contributed by atoms with Crippen LogP contribution in [0.3, 0.4) is 0 Å². The second-order valence-corrected chi connectivity index (χ2v) is 5.37. The van der Waals surface area contributed by atoms with Crippen molar-refractivity contribution >= 4 is 5.91 Å². The Morgan fingerprint density at radius 3 is 2.70 bits per heavy atom. The van der Waals surface area contributed by atoms with Crippen LogP contribution in [0.2, 0.25) is 0 Å². The lowest BCUT2D eigenvalue weighted by atomic mass is 10.1. The van der Waals surface area contributed by atoms with Gasteiger partial charge in [0, 0.05) is 6.04 Å². The minimum atomic E-state index is -0.0451. The van der Waals surface area contributed by atoms with Gasteiger partial charge in [0.05, 0.1) is 0 Å². The molecule has 20 heavy (non-hydrogen) atoms. The summed E-state index contributed by atoms with van der Waals surface area (Å²) < 4.78 is 5.53. The van der Waals surface area contributed by atoms with E-state index in [0.29, 0.717) is 0 Å². The van der Waals surface area contributed by atoms with Crippen LogP contribution in [0.15, 0.2) is 24.3 Å². The number of nitrogens with one attached hydrogen (secondary N) is 1. The molecule has 3 nitrogen and oxygen atoms in total. The molecule has 0 heterocycles. The van der Waals surface area contributed by atoms with Gasteiger partial charge in [-0.15, -0.1) is 0 Å². The molecule has 1 aromatic carbocycles. The van der Waals surface area contributed by atoms with Crippen LogP contribution < -0.4 is 10.1 Å². The summed E-state index contributed by atoms with van der Waals surface area (Å²) in [5.41, 5.74) is 1.05. The first-order valence-corrected chi connectivity index (χ1v) is 7.61. The molecule has 0 aromatic heterocycles. The fourth-order valence-corrected chi connectivity index (χ4v) is 2.13. The molecule has 1 N–H and O–H groups in total. The number of hydrogen-bond acceptors (Lipinski definition) is 2. The van der Waals surface area contributed by atoms with Gasteiger partial charge >= 0.3 is 0 Å². The van der Waals surface area contributed by atoms with Crippen LogP contribution in [-0.4, -0.2) is 18.6 Å². The van der Waals surface area contributed by atoms with E-state index in [1.54, 1.807) is 0 Å². The van der Waals surface area contributed by atoms with E-state index in [9.17, 15) is 4.79 Å². The largest absolute Gasteiger partial charge is 0.484 e. The molecule has 0 fully saturated rings. The summed E-state index contributed by atoms with van der Waals surface area (Å²) >= 11 is 0. The van der Waals surface area contributed by atoms with Gasteiger partial charge in [0.1, 0.15) is 5.75 Å². The Balaban J connectivity index is 2.21. The number of hydrogen-bond donors (Lipinski definition) is 1. The average molecular weight is 277 g/mol. The minimum Gasteiger partial charge on any atom is -0.484 e. The molecule has 0 aliphatic heterocycles. The van der Waals surface area contributed by atoms with E-state index >= 15 is 0 Å². The highest BCUT2D eigenvalue weighted by Gasteiger charge is 2.08. The Kier molecular flexibility index (Phi) is 7.78. The van der Waals surface area contributed by atoms with Gasteiger partial charge in [-0.2, -0.15) is 0 Å². The number of benzene rings is 1. The number of carbonyl (C=O) groups excluding carboxylic acids is 1. The van der Waals surface area contributed by atoms with Crippen molar-refractivity contribution in [2.45, 2.75) is 58.9 Å². The maximum Gasteiger partial charge on any atom is 0.258 e. The Hall–Kier alpha value is -1.51. The van der Waals surface area contributed by atoms with E-state index < -0.39 is 0 Å². The number of rotatable bonds is 9. The minimum absolute atomic E-state index is 0.0451. The number of aryl methyl sites for hydroxylation is 1. The Morgan fingerprint density at radius 1 is 1.25 bits per heavy atom. The molecule has 0 spiro atoms. The SMILES string of the molecule is CCCCCCC(C)NC(=O)COc1ccccc1C. The van der Waals surface area contributed by atoms with Crippen LogP contribution in [0.25, 0.3) is 0 Å². The predicted octanol–water partition coefficient (Wildman–Crippen LogP) is 3.85. The Labute approximate surface area is 122 Å². The van der Waals surface area contributed by atoms with E-state index in [0.717, 1.165) is 17.7 Å². The van der Waals surface area contributed by atoms with Gasteiger partial charge in [-0.3, -0.25) is 4.79 Å². The Bertz CT molecular complexity index is 404. The van der Waals surface area contributed by atoms with Crippen LogP contribution in [0.4, 0.5) is 0 Å². The molecule has 3 heteroatoms. The van der Waals surface area contributed by atoms with Crippen molar-refractivity contribution in [3.63, 3.8) is 0 Å². The van der Waals surface area contributed by atoms with Gasteiger partial charge in [0.25, 0.3) is 5.91 Å². The Morgan fingerprint density at radius 2 is 2.00 bits per heavy atom. The second kappa shape index (κ2) is 9.40. The van der Waals surface area contributed by atoms with Crippen molar-refractivity contribution in [3.05, 3.63) is 29.8 Å². The monoisotopic (exact) mass is 277 g/mol. The second-order valence-electron chi connectivity index (χ2n) is 5.37. The zero-order chi connectivity index (χ0) is 14.8. The lowest BCUT2D eigenvalue weighted by Gasteiger charge is -2.14. The van der Waals surface area contributed by atoms with Crippen molar-refractivity contribution < 1.29 is 9.53 Å². The molecule has 112 valence electrons. The van der Waals surface area contributed by atoms with Crippen LogP contribution in [0.1, 0.15) is 51.5 Å². The number of carbonyl (C=O) groups is 1. The molecule has 0 radical (unpaired) electrons. The predicted molar refractivity (Wildman–Crippen MR) is 83.0 cm³/mol. The summed E-state index contributed by atoms with van der Waals surface area (Å²) in [4.78, 5) is 11.8. The third kappa shape index (κ3) is 6.60. The molecule has 1 amide bonds. The topological polar surface area (TPSA) is 38.3 Å². The maximum atomic E-state index is 11.8. The third-order valence-corrected chi connectivity index (χ3v) is 3.35. The highest BCUT2D eigenvalue weighted by atomic mass is 16.5. The molecule has 1 unspecified atom stereocenters. The van der Waals surface area contributed by atoms with E-state index in [-0.39, 0.29) is 18.6 Å². The quantitative estimate of drug-likeness (QED) is 0.696. The fourth-order valence-electron chi connectivity index (χ4n) is 2.13. The normalized spacial score (nSPS) is 11.9. The molecule has 1 rings (SSSR count). The average Bonchev–Trinajstić information content (AvgIpc) is 2.43. The van der Waals surface area contributed by atoms with E-state index in [2.05, 4.69) is 19.2 Å². The highest BCUT2D eigenvalue weighted by Crippen LogP contribution is 2.15. The van der Waals surface area contributed by atoms with Gasteiger partial charge in [0.2, 0.25) is 0 Å². The standard InChI is InChI=1S/C17H27NO2/c1-4-5-6-7-11-15(3)18-17(19)13-20-16-12-9-8-10-14(16)2/h8-10,12,15H,4-7,11,13H2,1-3H3,(H,18,19). The lowest BCUT2D eigenvalue weighted by Crippen LogP contribution is -2.36. The van der Waals surface area contributed by atoms with E-state index in [1.165, 1.54) is 25.7 Å². The molecule has 0 saturated heterocycles. The smallest absolute Gasteiger partial charge is 0.258 e. The van der Waals surface area contributed by atoms with Crippen molar-refractivity contribution in [1.82, 2.24) is 5.32 Å². The highest BCUT2D eigenvalue weighted by molar-refractivity contribution is 5.77. The van der Waals surface area contributed by atoms with Crippen molar-refractivity contribution in [3.8, 4) is 5.75 Å². The summed E-state index contributed by atoms with van der Waals surface area (Å²) in [6.07, 6.45) is 5.97. The van der Waals surface area contributed by atoms with Crippen molar-refractivity contribution in [2.24, 2.45) is 0 Å². The van der Waals surface area contributed by atoms with Crippen LogP contribution in [0, 0.1) is 6.92 Å². The number of unbranched alkanes of at least 4 members (excludes halogenated alkanes) is 3. The number of ether oxygens (including phenoxy) is 1. The van der Waals surface area contributed by atoms with Gasteiger partial charge in [-0.05, 0) is 31.9 Å². The molecule has 0 saturated carbocycles. The van der Waals surface area contributed by atoms with Crippen LogP contribution in [0.5, 0.6) is 5.75 Å². The first kappa shape index (κ1) is 16.5. The summed E-state index contributed by atoms with van der Waals surface area (Å²) in [7, 11) is 0. The van der Waals surface area contributed by atoms with Gasteiger partial charge in [-0.25, -0.2) is 0 Å². The van der Waals surface area contributed by atoms with Crippen LogP contribution >= 0.6 is 0 Å². The molecular formula is C17H27NO2. The molecular weight excluding hydrogens is 250 g/mol. The summed E-state index contributed by atoms with van der Waals surface area (Å²) in [5.74, 6) is 0.731. The van der Waals surface area contributed by atoms with E-state index in [4.69, 9.17) is 4.74 Å². The molecule has 1 atom stereocenters. The number of amides is 1. The molecule has 0 aliphatic rings. The van der Waals surface area contributed by atoms with Crippen molar-refractivity contribution in [1.29, 1.82) is 0 Å². The van der Waals surface area contributed by atoms with Crippen LogP contribution in [-0.2, 0) is 4.79 Å². The maximum absolute atomic E-state index is 11.8. The van der Waals surface area contributed by atoms with E-state index in [1.807, 2.05) is 31.2 Å². The molecule has 0 bridgehead atoms. The summed E-state index contributed by atoms with van der Waals surface area (Å²) in [6.45, 7) is 6.32. The zero-order valence-electron chi connectivity index (χ0n) is 12.9. The lowest BCUT2D eigenvalue weighted by molar-refractivity contribution is -0.123. The van der Waals surface area contributed by atoms with Gasteiger partial charge < -0.3 is 10.1 Å². The molecule has 1 aromatic rings. The van der Waals surface area contributed by atoms with Crippen molar-refractivity contribution in [2.75, 3.05) is 6.61 Å². The first-order chi connectivity index (χ1) is 9.63. The first-order valence-electron chi connectivity index (χ1n) is 7.61. The zero-order valence-corrected chi connectivity index (χ0v) is 12.9. The molecule has 0 aliphatic carbocycles. The summed E-state index contributed by atoms with van der Waals surface area (Å²) in [6, 6.07) is 7.96. The van der Waals surface area contributed by atoms with Gasteiger partial charge in [-0.1, -0.05) is 50.8 Å². The number of para-hydroxylation sites is 1.